The average Bonchev–Trinajstić information content (AvgIpc) is 3.06. The molecule has 1 aliphatic rings. The van der Waals surface area contributed by atoms with Crippen LogP contribution in [0.4, 0.5) is 5.13 Å². The molecule has 3 aromatic rings. The Labute approximate surface area is 155 Å². The monoisotopic (exact) mass is 368 g/mol. The zero-order valence-corrected chi connectivity index (χ0v) is 15.1. The van der Waals surface area contributed by atoms with E-state index in [1.54, 1.807) is 6.20 Å². The van der Waals surface area contributed by atoms with Gasteiger partial charge in [0.05, 0.1) is 28.6 Å². The lowest BCUT2D eigenvalue weighted by Gasteiger charge is -2.32. The number of thiazole rings is 1. The minimum absolute atomic E-state index is 0.0182. The van der Waals surface area contributed by atoms with Crippen molar-refractivity contribution in [1.29, 1.82) is 0 Å². The number of nitrogen functional groups attached to an aromatic ring is 1. The van der Waals surface area contributed by atoms with Crippen molar-refractivity contribution in [2.75, 3.05) is 18.8 Å². The molecule has 3 heterocycles. The van der Waals surface area contributed by atoms with Crippen LogP contribution >= 0.6 is 11.3 Å². The Kier molecular flexibility index (Phi) is 4.81. The molecule has 0 saturated carbocycles. The van der Waals surface area contributed by atoms with Crippen molar-refractivity contribution in [2.24, 2.45) is 0 Å². The topological polar surface area (TPSA) is 81.3 Å². The molecule has 1 aliphatic heterocycles. The number of hydrogen-bond donors (Lipinski definition) is 1. The fraction of sp³-hybridized carbons (Fsp3) is 0.316. The number of rotatable bonds is 4. The minimum Gasteiger partial charge on any atom is -0.375 e. The summed E-state index contributed by atoms with van der Waals surface area (Å²) in [4.78, 5) is 23.3. The highest BCUT2D eigenvalue weighted by Crippen LogP contribution is 2.25. The van der Waals surface area contributed by atoms with Crippen molar-refractivity contribution in [3.63, 3.8) is 0 Å². The molecular weight excluding hydrogens is 348 g/mol. The Balaban J connectivity index is 1.41. The quantitative estimate of drug-likeness (QED) is 0.765. The number of amides is 1. The van der Waals surface area contributed by atoms with E-state index in [0.717, 1.165) is 35.3 Å². The van der Waals surface area contributed by atoms with Crippen LogP contribution in [0.25, 0.3) is 10.2 Å². The summed E-state index contributed by atoms with van der Waals surface area (Å²) in [6, 6.07) is 11.4. The third-order valence-corrected chi connectivity index (χ3v) is 5.38. The molecule has 1 aromatic carbocycles. The van der Waals surface area contributed by atoms with Crippen LogP contribution in [0.3, 0.4) is 0 Å². The van der Waals surface area contributed by atoms with Gasteiger partial charge in [0.1, 0.15) is 0 Å². The normalized spacial score (nSPS) is 17.5. The highest BCUT2D eigenvalue weighted by atomic mass is 32.1. The molecule has 6 nitrogen and oxygen atoms in total. The number of likely N-dealkylation sites (tertiary alicyclic amines) is 1. The van der Waals surface area contributed by atoms with Gasteiger partial charge in [-0.3, -0.25) is 9.78 Å². The number of piperidine rings is 1. The zero-order chi connectivity index (χ0) is 17.9. The van der Waals surface area contributed by atoms with Crippen LogP contribution < -0.4 is 5.73 Å². The summed E-state index contributed by atoms with van der Waals surface area (Å²) in [7, 11) is 0. The van der Waals surface area contributed by atoms with E-state index in [4.69, 9.17) is 10.5 Å². The fourth-order valence-electron chi connectivity index (χ4n) is 3.21. The Morgan fingerprint density at radius 2 is 2.27 bits per heavy atom. The van der Waals surface area contributed by atoms with Gasteiger partial charge in [-0.25, -0.2) is 4.98 Å². The number of carbonyl (C=O) groups excluding carboxylic acids is 1. The number of ether oxygens (including phenoxy) is 1. The van der Waals surface area contributed by atoms with Gasteiger partial charge in [-0.05, 0) is 43.2 Å². The number of benzene rings is 1. The Morgan fingerprint density at radius 3 is 3.12 bits per heavy atom. The van der Waals surface area contributed by atoms with Gasteiger partial charge in [0.25, 0.3) is 5.91 Å². The molecule has 0 radical (unpaired) electrons. The van der Waals surface area contributed by atoms with Crippen LogP contribution in [0.1, 0.15) is 28.9 Å². The molecule has 2 aromatic heterocycles. The van der Waals surface area contributed by atoms with Crippen molar-refractivity contribution >= 4 is 32.6 Å². The second kappa shape index (κ2) is 7.39. The lowest BCUT2D eigenvalue weighted by Crippen LogP contribution is -2.43. The first-order chi connectivity index (χ1) is 12.7. The first-order valence-electron chi connectivity index (χ1n) is 8.66. The van der Waals surface area contributed by atoms with Crippen LogP contribution in [-0.4, -0.2) is 40.0 Å². The third-order valence-electron chi connectivity index (χ3n) is 4.51. The van der Waals surface area contributed by atoms with Crippen molar-refractivity contribution < 1.29 is 9.53 Å². The molecule has 134 valence electrons. The molecule has 0 spiro atoms. The highest BCUT2D eigenvalue weighted by molar-refractivity contribution is 7.22. The summed E-state index contributed by atoms with van der Waals surface area (Å²) in [6.45, 7) is 1.82. The maximum absolute atomic E-state index is 12.9. The SMILES string of the molecule is Nc1nc2cc(C(=O)N3CCCC(OCc4ccccn4)C3)ccc2s1. The molecule has 1 unspecified atom stereocenters. The molecule has 1 atom stereocenters. The van der Waals surface area contributed by atoms with E-state index in [0.29, 0.717) is 23.8 Å². The number of anilines is 1. The van der Waals surface area contributed by atoms with Gasteiger partial charge in [-0.2, -0.15) is 0 Å². The summed E-state index contributed by atoms with van der Waals surface area (Å²) in [6.07, 6.45) is 3.69. The largest absolute Gasteiger partial charge is 0.375 e. The Hall–Kier alpha value is -2.51. The zero-order valence-electron chi connectivity index (χ0n) is 14.3. The Bertz CT molecular complexity index is 912. The lowest BCUT2D eigenvalue weighted by molar-refractivity contribution is -0.00784. The van der Waals surface area contributed by atoms with Crippen LogP contribution in [0.5, 0.6) is 0 Å². The van der Waals surface area contributed by atoms with Gasteiger partial charge < -0.3 is 15.4 Å². The number of nitrogens with two attached hydrogens (primary N) is 1. The molecule has 2 N–H and O–H groups in total. The highest BCUT2D eigenvalue weighted by Gasteiger charge is 2.25. The van der Waals surface area contributed by atoms with Gasteiger partial charge >= 0.3 is 0 Å². The van der Waals surface area contributed by atoms with Gasteiger partial charge in [-0.15, -0.1) is 0 Å². The van der Waals surface area contributed by atoms with Gasteiger partial charge in [0, 0.05) is 24.8 Å². The third kappa shape index (κ3) is 3.68. The summed E-state index contributed by atoms with van der Waals surface area (Å²) in [5.74, 6) is 0.0182. The molecule has 0 bridgehead atoms. The predicted molar refractivity (Wildman–Crippen MR) is 102 cm³/mol. The van der Waals surface area contributed by atoms with E-state index < -0.39 is 0 Å². The standard InChI is InChI=1S/C19H20N4O2S/c20-19-22-16-10-13(6-7-17(16)26-19)18(24)23-9-3-5-15(11-23)25-12-14-4-1-2-8-21-14/h1-2,4,6-8,10,15H,3,5,9,11-12H2,(H2,20,22). The number of fused-ring (bicyclic) bond motifs is 1. The van der Waals surface area contributed by atoms with Gasteiger partial charge in [0.15, 0.2) is 5.13 Å². The summed E-state index contributed by atoms with van der Waals surface area (Å²) in [5, 5.41) is 0.519. The fourth-order valence-corrected chi connectivity index (χ4v) is 3.92. The first kappa shape index (κ1) is 16.9. The number of pyridine rings is 1. The molecule has 4 rings (SSSR count). The summed E-state index contributed by atoms with van der Waals surface area (Å²) < 4.78 is 6.97. The second-order valence-electron chi connectivity index (χ2n) is 6.38. The Morgan fingerprint density at radius 1 is 1.35 bits per heavy atom. The molecule has 1 fully saturated rings. The predicted octanol–water partition coefficient (Wildman–Crippen LogP) is 3.09. The van der Waals surface area contributed by atoms with E-state index in [1.165, 1.54) is 11.3 Å². The number of hydrogen-bond acceptors (Lipinski definition) is 6. The van der Waals surface area contributed by atoms with E-state index in [1.807, 2.05) is 41.3 Å². The maximum Gasteiger partial charge on any atom is 0.254 e. The van der Waals surface area contributed by atoms with E-state index >= 15 is 0 Å². The minimum atomic E-state index is 0.0182. The van der Waals surface area contributed by atoms with Crippen LogP contribution in [0, 0.1) is 0 Å². The van der Waals surface area contributed by atoms with Crippen molar-refractivity contribution in [3.8, 4) is 0 Å². The van der Waals surface area contributed by atoms with Crippen molar-refractivity contribution in [3.05, 3.63) is 53.9 Å². The van der Waals surface area contributed by atoms with E-state index in [9.17, 15) is 4.79 Å². The van der Waals surface area contributed by atoms with Crippen molar-refractivity contribution in [1.82, 2.24) is 14.9 Å². The first-order valence-corrected chi connectivity index (χ1v) is 9.47. The molecular formula is C19H20N4O2S. The van der Waals surface area contributed by atoms with Crippen LogP contribution in [0.2, 0.25) is 0 Å². The number of aromatic nitrogens is 2. The molecule has 26 heavy (non-hydrogen) atoms. The molecule has 1 saturated heterocycles. The van der Waals surface area contributed by atoms with Crippen LogP contribution in [-0.2, 0) is 11.3 Å². The molecule has 1 amide bonds. The molecule has 0 aliphatic carbocycles. The van der Waals surface area contributed by atoms with Crippen molar-refractivity contribution in [2.45, 2.75) is 25.6 Å². The van der Waals surface area contributed by atoms with E-state index in [-0.39, 0.29) is 12.0 Å². The van der Waals surface area contributed by atoms with Gasteiger partial charge in [-0.1, -0.05) is 17.4 Å². The summed E-state index contributed by atoms with van der Waals surface area (Å²) in [5.41, 5.74) is 8.08. The average molecular weight is 368 g/mol. The number of carbonyl (C=O) groups is 1. The summed E-state index contributed by atoms with van der Waals surface area (Å²) >= 11 is 1.43. The lowest BCUT2D eigenvalue weighted by atomic mass is 10.1. The van der Waals surface area contributed by atoms with Crippen LogP contribution in [0.15, 0.2) is 42.6 Å². The number of nitrogens with zero attached hydrogens (tertiary/aromatic N) is 3. The van der Waals surface area contributed by atoms with Gasteiger partial charge in [0.2, 0.25) is 0 Å². The van der Waals surface area contributed by atoms with E-state index in [2.05, 4.69) is 9.97 Å². The maximum atomic E-state index is 12.9. The smallest absolute Gasteiger partial charge is 0.254 e. The second-order valence-corrected chi connectivity index (χ2v) is 7.44. The molecule has 7 heteroatoms.